The fraction of sp³-hybridized carbons (Fsp3) is 0.263. The van der Waals surface area contributed by atoms with Crippen LogP contribution < -0.4 is 5.32 Å². The number of aromatic nitrogens is 2. The minimum Gasteiger partial charge on any atom is -0.293 e. The van der Waals surface area contributed by atoms with Crippen LogP contribution in [0.1, 0.15) is 42.0 Å². The highest BCUT2D eigenvalue weighted by molar-refractivity contribution is 8.17. The van der Waals surface area contributed by atoms with Crippen LogP contribution in [-0.4, -0.2) is 26.0 Å². The van der Waals surface area contributed by atoms with Crippen molar-refractivity contribution in [3.63, 3.8) is 0 Å². The van der Waals surface area contributed by atoms with Crippen LogP contribution >= 0.6 is 11.8 Å². The molecule has 2 amide bonds. The average Bonchev–Trinajstić information content (AvgIpc) is 2.65. The molecule has 134 valence electrons. The summed E-state index contributed by atoms with van der Waals surface area (Å²) in [5.41, 5.74) is 2.27. The highest BCUT2D eigenvalue weighted by atomic mass is 32.2. The minimum absolute atomic E-state index is 0.0291. The van der Waals surface area contributed by atoms with Gasteiger partial charge in [0.2, 0.25) is 5.12 Å². The molecule has 0 saturated carbocycles. The van der Waals surface area contributed by atoms with Crippen molar-refractivity contribution < 1.29 is 9.59 Å². The zero-order chi connectivity index (χ0) is 18.7. The molecule has 7 heteroatoms. The van der Waals surface area contributed by atoms with E-state index in [0.29, 0.717) is 30.2 Å². The molecule has 0 fully saturated rings. The monoisotopic (exact) mass is 368 g/mol. The number of benzene rings is 1. The lowest BCUT2D eigenvalue weighted by Gasteiger charge is -2.30. The smallest absolute Gasteiger partial charge is 0.293 e. The number of allylic oxidation sites excluding steroid dienone is 2. The Morgan fingerprint density at radius 1 is 1.31 bits per heavy atom. The normalized spacial score (nSPS) is 14.4. The third-order valence-corrected chi connectivity index (χ3v) is 5.39. The summed E-state index contributed by atoms with van der Waals surface area (Å²) in [4.78, 5) is 36.0. The first-order valence-electron chi connectivity index (χ1n) is 8.37. The Kier molecular flexibility index (Phi) is 5.37. The lowest BCUT2D eigenvalue weighted by atomic mass is 10.2. The minimum atomic E-state index is -0.244. The first-order chi connectivity index (χ1) is 12.5. The van der Waals surface area contributed by atoms with Gasteiger partial charge in [-0.2, -0.15) is 0 Å². The molecule has 1 aromatic heterocycles. The predicted molar refractivity (Wildman–Crippen MR) is 103 cm³/mol. The van der Waals surface area contributed by atoms with Gasteiger partial charge in [-0.15, -0.1) is 0 Å². The summed E-state index contributed by atoms with van der Waals surface area (Å²) in [5.74, 6) is 1.17. The highest BCUT2D eigenvalue weighted by Gasteiger charge is 2.27. The molecule has 1 aliphatic heterocycles. The third-order valence-electron chi connectivity index (χ3n) is 4.14. The van der Waals surface area contributed by atoms with Crippen molar-refractivity contribution in [3.05, 3.63) is 64.1 Å². The molecule has 0 unspecified atom stereocenters. The zero-order valence-electron chi connectivity index (χ0n) is 14.9. The maximum atomic E-state index is 12.5. The summed E-state index contributed by atoms with van der Waals surface area (Å²) in [6.45, 7) is 6.01. The van der Waals surface area contributed by atoms with E-state index < -0.39 is 0 Å². The molecule has 0 atom stereocenters. The fourth-order valence-corrected chi connectivity index (χ4v) is 3.58. The number of aryl methyl sites for hydroxylation is 1. The maximum Gasteiger partial charge on any atom is 0.327 e. The number of amides is 2. The summed E-state index contributed by atoms with van der Waals surface area (Å²) < 4.78 is 0. The van der Waals surface area contributed by atoms with Crippen molar-refractivity contribution in [2.75, 3.05) is 5.32 Å². The Bertz CT molecular complexity index is 880. The van der Waals surface area contributed by atoms with Crippen LogP contribution in [0, 0.1) is 6.92 Å². The Hall–Kier alpha value is -2.67. The molecule has 0 radical (unpaired) electrons. The lowest BCUT2D eigenvalue weighted by molar-refractivity contribution is 0.108. The van der Waals surface area contributed by atoms with Crippen molar-refractivity contribution >= 4 is 28.7 Å². The quantitative estimate of drug-likeness (QED) is 0.868. The Labute approximate surface area is 156 Å². The number of nitrogens with zero attached hydrogens (tertiary/aromatic N) is 3. The van der Waals surface area contributed by atoms with Gasteiger partial charge in [0.05, 0.1) is 6.54 Å². The molecule has 1 aromatic carbocycles. The number of rotatable bonds is 4. The Balaban J connectivity index is 1.85. The topological polar surface area (TPSA) is 75.2 Å². The van der Waals surface area contributed by atoms with Crippen LogP contribution in [-0.2, 0) is 6.54 Å². The number of hydrogen-bond acceptors (Lipinski definition) is 5. The van der Waals surface area contributed by atoms with Crippen LogP contribution in [0.4, 0.5) is 10.6 Å². The molecular weight excluding hydrogens is 348 g/mol. The molecule has 2 heterocycles. The fourth-order valence-electron chi connectivity index (χ4n) is 2.70. The number of anilines is 1. The van der Waals surface area contributed by atoms with E-state index in [1.165, 1.54) is 11.8 Å². The van der Waals surface area contributed by atoms with Gasteiger partial charge < -0.3 is 0 Å². The van der Waals surface area contributed by atoms with E-state index in [2.05, 4.69) is 15.3 Å². The summed E-state index contributed by atoms with van der Waals surface area (Å²) in [6.07, 6.45) is 2.39. The van der Waals surface area contributed by atoms with E-state index in [9.17, 15) is 9.59 Å². The van der Waals surface area contributed by atoms with Gasteiger partial charge in [0.15, 0.2) is 0 Å². The van der Waals surface area contributed by atoms with Gasteiger partial charge >= 0.3 is 6.03 Å². The molecule has 26 heavy (non-hydrogen) atoms. The molecule has 0 saturated heterocycles. The second kappa shape index (κ2) is 7.70. The van der Waals surface area contributed by atoms with Gasteiger partial charge in [-0.1, -0.05) is 37.3 Å². The number of thioether (sulfide) groups is 1. The first kappa shape index (κ1) is 18.1. The highest BCUT2D eigenvalue weighted by Crippen LogP contribution is 2.31. The summed E-state index contributed by atoms with van der Waals surface area (Å²) in [7, 11) is 0. The summed E-state index contributed by atoms with van der Waals surface area (Å²) >= 11 is 1.17. The van der Waals surface area contributed by atoms with Gasteiger partial charge in [-0.05, 0) is 32.0 Å². The van der Waals surface area contributed by atoms with E-state index in [1.54, 1.807) is 30.2 Å². The number of hydrogen-bond donors (Lipinski definition) is 1. The van der Waals surface area contributed by atoms with E-state index >= 15 is 0 Å². The van der Waals surface area contributed by atoms with E-state index in [0.717, 1.165) is 16.2 Å². The second-order valence-electron chi connectivity index (χ2n) is 5.93. The Morgan fingerprint density at radius 2 is 2.04 bits per heavy atom. The van der Waals surface area contributed by atoms with Crippen molar-refractivity contribution in [1.29, 1.82) is 0 Å². The second-order valence-corrected chi connectivity index (χ2v) is 6.99. The number of urea groups is 1. The van der Waals surface area contributed by atoms with Crippen molar-refractivity contribution in [2.45, 2.75) is 33.7 Å². The number of carbonyl (C=O) groups is 2. The van der Waals surface area contributed by atoms with Crippen molar-refractivity contribution in [1.82, 2.24) is 14.9 Å². The summed E-state index contributed by atoms with van der Waals surface area (Å²) in [6, 6.07) is 8.90. The molecule has 2 aromatic rings. The number of nitrogens with one attached hydrogen (secondary N) is 1. The van der Waals surface area contributed by atoms with Gasteiger partial charge in [0.25, 0.3) is 0 Å². The Morgan fingerprint density at radius 3 is 2.73 bits per heavy atom. The van der Waals surface area contributed by atoms with E-state index in [1.807, 2.05) is 32.0 Å². The summed E-state index contributed by atoms with van der Waals surface area (Å²) in [5, 5.41) is 2.77. The van der Waals surface area contributed by atoms with Crippen molar-refractivity contribution in [2.24, 2.45) is 0 Å². The number of fused-ring (bicyclic) bond motifs is 1. The van der Waals surface area contributed by atoms with Crippen LogP contribution in [0.15, 0.2) is 47.1 Å². The SMILES string of the molecule is CC/C(SC(=O)c1ccccc1)=C(\C)N1Cc2cnc(C)nc2NC1=O. The van der Waals surface area contributed by atoms with E-state index in [-0.39, 0.29) is 11.1 Å². The maximum absolute atomic E-state index is 12.5. The molecule has 0 spiro atoms. The lowest BCUT2D eigenvalue weighted by Crippen LogP contribution is -2.38. The molecule has 6 nitrogen and oxygen atoms in total. The van der Waals surface area contributed by atoms with Crippen LogP contribution in [0.25, 0.3) is 0 Å². The molecule has 3 rings (SSSR count). The largest absolute Gasteiger partial charge is 0.327 e. The molecule has 0 bridgehead atoms. The van der Waals surface area contributed by atoms with Gasteiger partial charge in [0, 0.05) is 27.9 Å². The van der Waals surface area contributed by atoms with Gasteiger partial charge in [0.1, 0.15) is 11.6 Å². The third kappa shape index (κ3) is 3.77. The van der Waals surface area contributed by atoms with Crippen LogP contribution in [0.2, 0.25) is 0 Å². The van der Waals surface area contributed by atoms with Crippen LogP contribution in [0.5, 0.6) is 0 Å². The van der Waals surface area contributed by atoms with Crippen molar-refractivity contribution in [3.8, 4) is 0 Å². The molecule has 1 aliphatic rings. The van der Waals surface area contributed by atoms with Gasteiger partial charge in [-0.25, -0.2) is 14.8 Å². The molecule has 1 N–H and O–H groups in total. The predicted octanol–water partition coefficient (Wildman–Crippen LogP) is 4.35. The van der Waals surface area contributed by atoms with Gasteiger partial charge in [-0.3, -0.25) is 15.0 Å². The molecular formula is C19H20N4O2S. The first-order valence-corrected chi connectivity index (χ1v) is 9.19. The van der Waals surface area contributed by atoms with E-state index in [4.69, 9.17) is 0 Å². The number of carbonyl (C=O) groups excluding carboxylic acids is 2. The standard InChI is InChI=1S/C19H20N4O2S/c1-4-16(26-18(24)14-8-6-5-7-9-14)12(2)23-11-15-10-20-13(3)21-17(15)22-19(23)25/h5-10H,4,11H2,1-3H3,(H,20,21,22,25)/b16-12-. The average molecular weight is 368 g/mol. The van der Waals surface area contributed by atoms with Crippen LogP contribution in [0.3, 0.4) is 0 Å². The zero-order valence-corrected chi connectivity index (χ0v) is 15.8. The molecule has 0 aliphatic carbocycles.